The molecular formula is C20H19N3O. The predicted molar refractivity (Wildman–Crippen MR) is 99.4 cm³/mol. The highest BCUT2D eigenvalue weighted by Gasteiger charge is 2.01. The molecule has 0 aliphatic heterocycles. The molecule has 0 spiro atoms. The molecule has 3 rings (SSSR count). The second kappa shape index (κ2) is 7.42. The number of hydrazone groups is 1. The highest BCUT2D eigenvalue weighted by Crippen LogP contribution is 2.14. The third-order valence-electron chi connectivity index (χ3n) is 3.76. The van der Waals surface area contributed by atoms with Crippen molar-refractivity contribution in [3.8, 4) is 0 Å². The van der Waals surface area contributed by atoms with E-state index in [0.29, 0.717) is 0 Å². The highest BCUT2D eigenvalue weighted by atomic mass is 16.2. The summed E-state index contributed by atoms with van der Waals surface area (Å²) >= 11 is 0. The molecule has 3 aromatic carbocycles. The van der Waals surface area contributed by atoms with Gasteiger partial charge in [-0.2, -0.15) is 5.10 Å². The number of para-hydroxylation sites is 1. The van der Waals surface area contributed by atoms with Crippen molar-refractivity contribution in [2.45, 2.75) is 6.92 Å². The van der Waals surface area contributed by atoms with Crippen LogP contribution >= 0.6 is 0 Å². The lowest BCUT2D eigenvalue weighted by Crippen LogP contribution is -2.26. The number of amides is 1. The topological polar surface area (TPSA) is 53.5 Å². The van der Waals surface area contributed by atoms with Crippen molar-refractivity contribution >= 4 is 28.6 Å². The van der Waals surface area contributed by atoms with Gasteiger partial charge in [-0.05, 0) is 41.0 Å². The van der Waals surface area contributed by atoms with Crippen LogP contribution in [0.5, 0.6) is 0 Å². The highest BCUT2D eigenvalue weighted by molar-refractivity contribution is 5.91. The van der Waals surface area contributed by atoms with Gasteiger partial charge in [-0.1, -0.05) is 54.6 Å². The number of hydrogen-bond donors (Lipinski definition) is 2. The number of benzene rings is 3. The maximum atomic E-state index is 11.8. The molecule has 0 aliphatic rings. The maximum Gasteiger partial charge on any atom is 0.259 e. The van der Waals surface area contributed by atoms with Crippen molar-refractivity contribution in [2.24, 2.45) is 5.10 Å². The molecule has 0 aliphatic carbocycles. The minimum atomic E-state index is -0.185. The van der Waals surface area contributed by atoms with Gasteiger partial charge < -0.3 is 5.32 Å². The van der Waals surface area contributed by atoms with Gasteiger partial charge >= 0.3 is 0 Å². The fraction of sp³-hybridized carbons (Fsp3) is 0.100. The van der Waals surface area contributed by atoms with Crippen LogP contribution in [-0.2, 0) is 4.79 Å². The number of fused-ring (bicyclic) bond motifs is 1. The van der Waals surface area contributed by atoms with E-state index in [1.54, 1.807) is 6.21 Å². The molecule has 0 saturated carbocycles. The second-order valence-corrected chi connectivity index (χ2v) is 5.57. The van der Waals surface area contributed by atoms with Gasteiger partial charge in [0.1, 0.15) is 0 Å². The Bertz CT molecular complexity index is 887. The Morgan fingerprint density at radius 3 is 2.58 bits per heavy atom. The van der Waals surface area contributed by atoms with Crippen molar-refractivity contribution in [3.63, 3.8) is 0 Å². The molecule has 0 radical (unpaired) electrons. The quantitative estimate of drug-likeness (QED) is 0.557. The summed E-state index contributed by atoms with van der Waals surface area (Å²) in [5, 5.41) is 9.45. The second-order valence-electron chi connectivity index (χ2n) is 5.57. The first-order valence-electron chi connectivity index (χ1n) is 7.82. The number of carbonyl (C=O) groups is 1. The van der Waals surface area contributed by atoms with Crippen LogP contribution in [0.3, 0.4) is 0 Å². The lowest BCUT2D eigenvalue weighted by atomic mass is 10.1. The first-order valence-corrected chi connectivity index (χ1v) is 7.82. The molecule has 24 heavy (non-hydrogen) atoms. The normalized spacial score (nSPS) is 10.9. The zero-order valence-electron chi connectivity index (χ0n) is 13.5. The van der Waals surface area contributed by atoms with E-state index in [1.807, 2.05) is 61.5 Å². The number of rotatable bonds is 5. The molecule has 0 aromatic heterocycles. The SMILES string of the molecule is Cc1ccccc1NCC(=O)N/N=C\c1ccc2ccccc2c1. The van der Waals surface area contributed by atoms with Crippen molar-refractivity contribution in [2.75, 3.05) is 11.9 Å². The Morgan fingerprint density at radius 1 is 1.00 bits per heavy atom. The molecule has 2 N–H and O–H groups in total. The van der Waals surface area contributed by atoms with E-state index >= 15 is 0 Å². The molecule has 0 saturated heterocycles. The Hall–Kier alpha value is -3.14. The van der Waals surface area contributed by atoms with E-state index in [0.717, 1.165) is 22.2 Å². The van der Waals surface area contributed by atoms with Crippen molar-refractivity contribution in [1.29, 1.82) is 0 Å². The van der Waals surface area contributed by atoms with Gasteiger partial charge in [0.15, 0.2) is 0 Å². The number of carbonyl (C=O) groups excluding carboxylic acids is 1. The molecule has 3 aromatic rings. The van der Waals surface area contributed by atoms with E-state index in [9.17, 15) is 4.79 Å². The lowest BCUT2D eigenvalue weighted by Gasteiger charge is -2.07. The Labute approximate surface area is 141 Å². The van der Waals surface area contributed by atoms with Crippen LogP contribution in [0, 0.1) is 6.92 Å². The molecular weight excluding hydrogens is 298 g/mol. The van der Waals surface area contributed by atoms with E-state index in [2.05, 4.69) is 28.0 Å². The summed E-state index contributed by atoms with van der Waals surface area (Å²) in [6.07, 6.45) is 1.65. The van der Waals surface area contributed by atoms with E-state index < -0.39 is 0 Å². The third-order valence-corrected chi connectivity index (χ3v) is 3.76. The molecule has 0 fully saturated rings. The van der Waals surface area contributed by atoms with Gasteiger partial charge in [0.2, 0.25) is 0 Å². The van der Waals surface area contributed by atoms with Gasteiger partial charge in [0.25, 0.3) is 5.91 Å². The summed E-state index contributed by atoms with van der Waals surface area (Å²) in [6, 6.07) is 22.0. The number of nitrogens with one attached hydrogen (secondary N) is 2. The number of nitrogens with zero attached hydrogens (tertiary/aromatic N) is 1. The number of aryl methyl sites for hydroxylation is 1. The Balaban J connectivity index is 1.55. The molecule has 0 heterocycles. The molecule has 4 heteroatoms. The van der Waals surface area contributed by atoms with Crippen LogP contribution in [0.4, 0.5) is 5.69 Å². The summed E-state index contributed by atoms with van der Waals surface area (Å²) in [5.74, 6) is -0.185. The number of anilines is 1. The van der Waals surface area contributed by atoms with Gasteiger partial charge in [-0.15, -0.1) is 0 Å². The van der Waals surface area contributed by atoms with Gasteiger partial charge in [0, 0.05) is 5.69 Å². The third kappa shape index (κ3) is 3.98. The van der Waals surface area contributed by atoms with Crippen LogP contribution in [-0.4, -0.2) is 18.7 Å². The van der Waals surface area contributed by atoms with E-state index in [4.69, 9.17) is 0 Å². The molecule has 1 amide bonds. The summed E-state index contributed by atoms with van der Waals surface area (Å²) in [4.78, 5) is 11.8. The molecule has 0 atom stereocenters. The lowest BCUT2D eigenvalue weighted by molar-refractivity contribution is -0.119. The monoisotopic (exact) mass is 317 g/mol. The van der Waals surface area contributed by atoms with Crippen molar-refractivity contribution in [3.05, 3.63) is 77.9 Å². The van der Waals surface area contributed by atoms with Gasteiger partial charge in [-0.25, -0.2) is 5.43 Å². The van der Waals surface area contributed by atoms with Crippen LogP contribution in [0.25, 0.3) is 10.8 Å². The molecule has 120 valence electrons. The first kappa shape index (κ1) is 15.7. The van der Waals surface area contributed by atoms with Gasteiger partial charge in [-0.3, -0.25) is 4.79 Å². The minimum Gasteiger partial charge on any atom is -0.376 e. The summed E-state index contributed by atoms with van der Waals surface area (Å²) in [6.45, 7) is 2.18. The molecule has 0 unspecified atom stereocenters. The van der Waals surface area contributed by atoms with Gasteiger partial charge in [0.05, 0.1) is 12.8 Å². The summed E-state index contributed by atoms with van der Waals surface area (Å²) in [7, 11) is 0. The fourth-order valence-corrected chi connectivity index (χ4v) is 2.45. The summed E-state index contributed by atoms with van der Waals surface area (Å²) in [5.41, 5.74) is 5.53. The zero-order chi connectivity index (χ0) is 16.8. The zero-order valence-corrected chi connectivity index (χ0v) is 13.5. The van der Waals surface area contributed by atoms with Crippen LogP contribution < -0.4 is 10.7 Å². The van der Waals surface area contributed by atoms with E-state index in [-0.39, 0.29) is 12.5 Å². The van der Waals surface area contributed by atoms with Crippen LogP contribution in [0.1, 0.15) is 11.1 Å². The average Bonchev–Trinajstić information content (AvgIpc) is 2.61. The maximum absolute atomic E-state index is 11.8. The predicted octanol–water partition coefficient (Wildman–Crippen LogP) is 3.71. The molecule has 0 bridgehead atoms. The largest absolute Gasteiger partial charge is 0.376 e. The summed E-state index contributed by atoms with van der Waals surface area (Å²) < 4.78 is 0. The smallest absolute Gasteiger partial charge is 0.259 e. The van der Waals surface area contributed by atoms with Crippen molar-refractivity contribution < 1.29 is 4.79 Å². The van der Waals surface area contributed by atoms with Crippen LogP contribution in [0.2, 0.25) is 0 Å². The standard InChI is InChI=1S/C20H19N3O/c1-15-6-2-5-9-19(15)21-14-20(24)23-22-13-16-10-11-17-7-3-4-8-18(17)12-16/h2-13,21H,14H2,1H3,(H,23,24)/b22-13-. The molecule has 4 nitrogen and oxygen atoms in total. The van der Waals surface area contributed by atoms with E-state index in [1.165, 1.54) is 5.39 Å². The minimum absolute atomic E-state index is 0.180. The van der Waals surface area contributed by atoms with Crippen LogP contribution in [0.15, 0.2) is 71.8 Å². The average molecular weight is 317 g/mol. The number of hydrogen-bond acceptors (Lipinski definition) is 3. The first-order chi connectivity index (χ1) is 11.7. The Morgan fingerprint density at radius 2 is 1.75 bits per heavy atom. The van der Waals surface area contributed by atoms with Crippen molar-refractivity contribution in [1.82, 2.24) is 5.43 Å². The fourth-order valence-electron chi connectivity index (χ4n) is 2.45. The Kier molecular flexibility index (Phi) is 4.87.